The van der Waals surface area contributed by atoms with Crippen LogP contribution in [-0.2, 0) is 0 Å². The molecule has 1 aliphatic rings. The second kappa shape index (κ2) is 8.62. The van der Waals surface area contributed by atoms with E-state index in [9.17, 15) is 9.18 Å². The van der Waals surface area contributed by atoms with Gasteiger partial charge >= 0.3 is 0 Å². The topological polar surface area (TPSA) is 109 Å². The number of thiazole rings is 1. The van der Waals surface area contributed by atoms with Gasteiger partial charge in [-0.2, -0.15) is 0 Å². The van der Waals surface area contributed by atoms with Crippen molar-refractivity contribution in [1.82, 2.24) is 14.9 Å². The number of hydrogen-bond donors (Lipinski definition) is 3. The van der Waals surface area contributed by atoms with Crippen LogP contribution in [0, 0.1) is 16.6 Å². The Morgan fingerprint density at radius 3 is 2.72 bits per heavy atom. The third-order valence-corrected chi connectivity index (χ3v) is 6.40. The summed E-state index contributed by atoms with van der Waals surface area (Å²) in [5.41, 5.74) is 0.735. The number of pyridine rings is 1. The molecule has 2 aromatic heterocycles. The molecule has 3 N–H and O–H groups in total. The van der Waals surface area contributed by atoms with Gasteiger partial charge in [-0.15, -0.1) is 0 Å². The van der Waals surface area contributed by atoms with Crippen LogP contribution in [0.4, 0.5) is 15.3 Å². The van der Waals surface area contributed by atoms with Gasteiger partial charge in [0.25, 0.3) is 5.91 Å². The number of nitrogens with zero attached hydrogens (tertiary/aromatic N) is 4. The molecule has 3 aromatic rings. The molecule has 0 bridgehead atoms. The Labute approximate surface area is 189 Å². The molecular weight excluding hydrogens is 429 g/mol. The number of amides is 1. The SMILES string of the molecule is CC(C)N(C=N)C(=N)c1cccc(NC(=O)c2cc3sc(N(C)C4CC4)nc3cc2F)n1. The molecule has 0 aliphatic heterocycles. The fraction of sp³-hybridized carbons (Fsp3) is 0.318. The van der Waals surface area contributed by atoms with Crippen LogP contribution < -0.4 is 10.2 Å². The maximum absolute atomic E-state index is 14.7. The lowest BCUT2D eigenvalue weighted by Crippen LogP contribution is -2.36. The minimum atomic E-state index is -0.653. The van der Waals surface area contributed by atoms with Crippen molar-refractivity contribution in [2.75, 3.05) is 17.3 Å². The molecule has 1 saturated carbocycles. The van der Waals surface area contributed by atoms with Crippen LogP contribution in [0.2, 0.25) is 0 Å². The van der Waals surface area contributed by atoms with Crippen LogP contribution >= 0.6 is 11.3 Å². The van der Waals surface area contributed by atoms with Crippen LogP contribution in [0.15, 0.2) is 30.3 Å². The zero-order valence-electron chi connectivity index (χ0n) is 18.0. The van der Waals surface area contributed by atoms with Crippen LogP contribution in [0.1, 0.15) is 42.7 Å². The summed E-state index contributed by atoms with van der Waals surface area (Å²) in [4.78, 5) is 25.1. The van der Waals surface area contributed by atoms with Crippen molar-refractivity contribution in [2.45, 2.75) is 38.8 Å². The summed E-state index contributed by atoms with van der Waals surface area (Å²) in [6.07, 6.45) is 3.33. The zero-order valence-corrected chi connectivity index (χ0v) is 18.8. The highest BCUT2D eigenvalue weighted by atomic mass is 32.1. The predicted molar refractivity (Wildman–Crippen MR) is 126 cm³/mol. The Bertz CT molecular complexity index is 1200. The minimum Gasteiger partial charge on any atom is -0.348 e. The summed E-state index contributed by atoms with van der Waals surface area (Å²) in [5, 5.41) is 19.2. The molecule has 0 unspecified atom stereocenters. The molecule has 0 saturated heterocycles. The molecule has 1 amide bonds. The molecule has 166 valence electrons. The summed E-state index contributed by atoms with van der Waals surface area (Å²) in [6.45, 7) is 3.72. The first-order valence-electron chi connectivity index (χ1n) is 10.3. The van der Waals surface area contributed by atoms with E-state index in [-0.39, 0.29) is 23.3 Å². The molecule has 2 heterocycles. The van der Waals surface area contributed by atoms with Gasteiger partial charge in [0.2, 0.25) is 0 Å². The van der Waals surface area contributed by atoms with Gasteiger partial charge in [0.05, 0.1) is 22.1 Å². The number of anilines is 2. The van der Waals surface area contributed by atoms with E-state index in [2.05, 4.69) is 20.2 Å². The fourth-order valence-corrected chi connectivity index (χ4v) is 4.32. The fourth-order valence-electron chi connectivity index (χ4n) is 3.30. The number of fused-ring (bicyclic) bond motifs is 1. The van der Waals surface area contributed by atoms with Crippen LogP contribution in [0.25, 0.3) is 10.2 Å². The van der Waals surface area contributed by atoms with Crippen molar-refractivity contribution >= 4 is 50.6 Å². The Morgan fingerprint density at radius 1 is 1.31 bits per heavy atom. The number of nitrogens with one attached hydrogen (secondary N) is 3. The van der Waals surface area contributed by atoms with Gasteiger partial charge in [-0.1, -0.05) is 17.4 Å². The molecule has 10 heteroatoms. The first kappa shape index (κ1) is 21.8. The Balaban J connectivity index is 1.56. The first-order valence-corrected chi connectivity index (χ1v) is 11.1. The number of aromatic nitrogens is 2. The molecule has 8 nitrogen and oxygen atoms in total. The molecule has 4 rings (SSSR count). The van der Waals surface area contributed by atoms with Crippen molar-refractivity contribution in [2.24, 2.45) is 0 Å². The summed E-state index contributed by atoms with van der Waals surface area (Å²) in [5.74, 6) is -1.04. The summed E-state index contributed by atoms with van der Waals surface area (Å²) >= 11 is 1.43. The van der Waals surface area contributed by atoms with E-state index in [4.69, 9.17) is 10.8 Å². The van der Waals surface area contributed by atoms with Crippen molar-refractivity contribution < 1.29 is 9.18 Å². The molecular formula is C22H24FN7OS. The van der Waals surface area contributed by atoms with E-state index in [1.165, 1.54) is 28.4 Å². The highest BCUT2D eigenvalue weighted by molar-refractivity contribution is 7.22. The number of halogens is 1. The average molecular weight is 454 g/mol. The summed E-state index contributed by atoms with van der Waals surface area (Å²) < 4.78 is 15.4. The number of carbonyl (C=O) groups excluding carboxylic acids is 1. The minimum absolute atomic E-state index is 0.0377. The zero-order chi connectivity index (χ0) is 23.0. The lowest BCUT2D eigenvalue weighted by molar-refractivity contribution is 0.102. The second-order valence-electron chi connectivity index (χ2n) is 7.98. The molecule has 0 atom stereocenters. The van der Waals surface area contributed by atoms with E-state index in [0.29, 0.717) is 17.3 Å². The number of carbonyl (C=O) groups is 1. The lowest BCUT2D eigenvalue weighted by atomic mass is 10.2. The Hall–Kier alpha value is -3.40. The van der Waals surface area contributed by atoms with Gasteiger partial charge in [-0.3, -0.25) is 15.6 Å². The van der Waals surface area contributed by atoms with Gasteiger partial charge < -0.3 is 15.1 Å². The van der Waals surface area contributed by atoms with Gasteiger partial charge in [0.15, 0.2) is 11.0 Å². The molecule has 0 radical (unpaired) electrons. The molecule has 1 fully saturated rings. The maximum Gasteiger partial charge on any atom is 0.259 e. The number of hydrogen-bond acceptors (Lipinski definition) is 7. The highest BCUT2D eigenvalue weighted by Crippen LogP contribution is 2.36. The van der Waals surface area contributed by atoms with E-state index >= 15 is 0 Å². The van der Waals surface area contributed by atoms with E-state index < -0.39 is 11.7 Å². The molecule has 32 heavy (non-hydrogen) atoms. The van der Waals surface area contributed by atoms with Gasteiger partial charge in [-0.25, -0.2) is 14.4 Å². The van der Waals surface area contributed by atoms with Crippen molar-refractivity contribution in [3.8, 4) is 0 Å². The Morgan fingerprint density at radius 2 is 2.06 bits per heavy atom. The van der Waals surface area contributed by atoms with Crippen LogP contribution in [0.3, 0.4) is 0 Å². The molecule has 1 aromatic carbocycles. The standard InChI is InChI=1S/C22H24FN7OS/c1-12(2)30(11-24)20(25)16-5-4-6-19(26-16)28-21(31)14-9-18-17(10-15(14)23)27-22(32-18)29(3)13-7-8-13/h4-6,9-13,24-25H,7-8H2,1-3H3,(H,26,28,31). The smallest absolute Gasteiger partial charge is 0.259 e. The van der Waals surface area contributed by atoms with Gasteiger partial charge in [-0.05, 0) is 44.9 Å². The predicted octanol–water partition coefficient (Wildman–Crippen LogP) is 4.32. The van der Waals surface area contributed by atoms with Crippen LogP contribution in [0.5, 0.6) is 0 Å². The normalized spacial score (nSPS) is 13.3. The quantitative estimate of drug-likeness (QED) is 0.365. The number of amidine groups is 1. The first-order chi connectivity index (χ1) is 15.3. The molecule has 0 spiro atoms. The van der Waals surface area contributed by atoms with E-state index in [1.807, 2.05) is 20.9 Å². The average Bonchev–Trinajstić information content (AvgIpc) is 3.52. The molecule has 1 aliphatic carbocycles. The Kier molecular flexibility index (Phi) is 5.88. The number of rotatable bonds is 7. The monoisotopic (exact) mass is 453 g/mol. The maximum atomic E-state index is 14.7. The van der Waals surface area contributed by atoms with Crippen LogP contribution in [-0.4, -0.2) is 52.1 Å². The summed E-state index contributed by atoms with van der Waals surface area (Å²) in [6, 6.07) is 8.04. The second-order valence-corrected chi connectivity index (χ2v) is 8.99. The third-order valence-electron chi connectivity index (χ3n) is 5.29. The summed E-state index contributed by atoms with van der Waals surface area (Å²) in [7, 11) is 1.98. The van der Waals surface area contributed by atoms with Crippen molar-refractivity contribution in [3.05, 3.63) is 47.4 Å². The van der Waals surface area contributed by atoms with E-state index in [1.54, 1.807) is 18.2 Å². The van der Waals surface area contributed by atoms with E-state index in [0.717, 1.165) is 29.0 Å². The van der Waals surface area contributed by atoms with Gasteiger partial charge in [0, 0.05) is 25.2 Å². The van der Waals surface area contributed by atoms with Gasteiger partial charge in [0.1, 0.15) is 17.3 Å². The van der Waals surface area contributed by atoms with Crippen molar-refractivity contribution in [1.29, 1.82) is 10.8 Å². The van der Waals surface area contributed by atoms with Crippen molar-refractivity contribution in [3.63, 3.8) is 0 Å². The highest BCUT2D eigenvalue weighted by Gasteiger charge is 2.28. The largest absolute Gasteiger partial charge is 0.348 e. The number of benzene rings is 1. The third kappa shape index (κ3) is 4.31. The lowest BCUT2D eigenvalue weighted by Gasteiger charge is -2.23.